The topological polar surface area (TPSA) is 108 Å². The van der Waals surface area contributed by atoms with Crippen LogP contribution in [0.1, 0.15) is 20.3 Å². The number of likely N-dealkylation sites (tertiary alicyclic amines) is 1. The van der Waals surface area contributed by atoms with Crippen molar-refractivity contribution in [3.05, 3.63) is 0 Å². The van der Waals surface area contributed by atoms with Crippen LogP contribution in [0.4, 0.5) is 4.79 Å². The highest BCUT2D eigenvalue weighted by atomic mass is 16.5. The quantitative estimate of drug-likeness (QED) is 0.625. The second-order valence-corrected chi connectivity index (χ2v) is 4.67. The van der Waals surface area contributed by atoms with Gasteiger partial charge in [0, 0.05) is 26.6 Å². The van der Waals surface area contributed by atoms with Crippen molar-refractivity contribution in [2.75, 3.05) is 20.2 Å². The monoisotopic (exact) mass is 287 g/mol. The minimum atomic E-state index is -1.08. The van der Waals surface area contributed by atoms with Crippen LogP contribution in [0.15, 0.2) is 0 Å². The Bertz CT molecular complexity index is 387. The molecule has 0 bridgehead atoms. The molecule has 0 aromatic carbocycles. The van der Waals surface area contributed by atoms with Gasteiger partial charge in [-0.15, -0.1) is 0 Å². The standard InChI is InChI=1S/C12H21N3O5/c1-4-13-10(16)7(2)14-12(19)15-6-8(20-3)5-9(15)11(17)18/h7-9H,4-6H2,1-3H3,(H,13,16)(H,14,19)(H,17,18). The average Bonchev–Trinajstić information content (AvgIpc) is 2.83. The lowest BCUT2D eigenvalue weighted by molar-refractivity contribution is -0.141. The average molecular weight is 287 g/mol. The van der Waals surface area contributed by atoms with Crippen molar-refractivity contribution in [3.63, 3.8) is 0 Å². The lowest BCUT2D eigenvalue weighted by atomic mass is 10.2. The Balaban J connectivity index is 2.65. The molecule has 114 valence electrons. The fourth-order valence-electron chi connectivity index (χ4n) is 2.09. The third-order valence-electron chi connectivity index (χ3n) is 3.23. The third kappa shape index (κ3) is 3.83. The van der Waals surface area contributed by atoms with Gasteiger partial charge in [0.2, 0.25) is 5.91 Å². The Kier molecular flexibility index (Phi) is 5.75. The van der Waals surface area contributed by atoms with Gasteiger partial charge in [0.25, 0.3) is 0 Å². The Morgan fingerprint density at radius 3 is 2.60 bits per heavy atom. The van der Waals surface area contributed by atoms with Crippen LogP contribution in [0.5, 0.6) is 0 Å². The van der Waals surface area contributed by atoms with Crippen molar-refractivity contribution >= 4 is 17.9 Å². The zero-order chi connectivity index (χ0) is 15.3. The maximum atomic E-state index is 12.1. The van der Waals surface area contributed by atoms with E-state index in [1.54, 1.807) is 13.8 Å². The van der Waals surface area contributed by atoms with Gasteiger partial charge in [-0.3, -0.25) is 4.79 Å². The first-order valence-electron chi connectivity index (χ1n) is 6.51. The lowest BCUT2D eigenvalue weighted by Gasteiger charge is -2.23. The van der Waals surface area contributed by atoms with Crippen molar-refractivity contribution in [3.8, 4) is 0 Å². The van der Waals surface area contributed by atoms with Crippen LogP contribution in [-0.4, -0.2) is 66.3 Å². The number of carbonyl (C=O) groups is 3. The van der Waals surface area contributed by atoms with Gasteiger partial charge in [-0.25, -0.2) is 9.59 Å². The first kappa shape index (κ1) is 16.2. The van der Waals surface area contributed by atoms with Crippen molar-refractivity contribution in [2.45, 2.75) is 38.5 Å². The van der Waals surface area contributed by atoms with Crippen LogP contribution >= 0.6 is 0 Å². The van der Waals surface area contributed by atoms with E-state index in [1.165, 1.54) is 12.0 Å². The number of aliphatic carboxylic acids is 1. The van der Waals surface area contributed by atoms with Crippen LogP contribution in [0.3, 0.4) is 0 Å². The number of ether oxygens (including phenoxy) is 1. The summed E-state index contributed by atoms with van der Waals surface area (Å²) in [5.74, 6) is -1.39. The number of carboxylic acid groups (broad SMARTS) is 1. The van der Waals surface area contributed by atoms with Gasteiger partial charge >= 0.3 is 12.0 Å². The molecule has 1 saturated heterocycles. The predicted molar refractivity (Wildman–Crippen MR) is 70.2 cm³/mol. The molecule has 20 heavy (non-hydrogen) atoms. The summed E-state index contributed by atoms with van der Waals surface area (Å²) in [6.07, 6.45) is -0.0592. The molecule has 8 heteroatoms. The van der Waals surface area contributed by atoms with Crippen LogP contribution in [0.2, 0.25) is 0 Å². The van der Waals surface area contributed by atoms with Gasteiger partial charge in [-0.05, 0) is 13.8 Å². The number of nitrogens with one attached hydrogen (secondary N) is 2. The third-order valence-corrected chi connectivity index (χ3v) is 3.23. The maximum absolute atomic E-state index is 12.1. The number of carboxylic acids is 1. The SMILES string of the molecule is CCNC(=O)C(C)NC(=O)N1CC(OC)CC1C(=O)O. The number of rotatable bonds is 5. The summed E-state index contributed by atoms with van der Waals surface area (Å²) < 4.78 is 5.10. The molecule has 1 fully saturated rings. The second-order valence-electron chi connectivity index (χ2n) is 4.67. The van der Waals surface area contributed by atoms with Gasteiger partial charge in [-0.2, -0.15) is 0 Å². The Hall–Kier alpha value is -1.83. The lowest BCUT2D eigenvalue weighted by Crippen LogP contribution is -2.52. The van der Waals surface area contributed by atoms with E-state index >= 15 is 0 Å². The molecule has 0 aliphatic carbocycles. The number of nitrogens with zero attached hydrogens (tertiary/aromatic N) is 1. The first-order chi connectivity index (χ1) is 9.40. The number of hydrogen-bond donors (Lipinski definition) is 3. The molecule has 3 atom stereocenters. The maximum Gasteiger partial charge on any atom is 0.326 e. The van der Waals surface area contributed by atoms with Crippen LogP contribution in [-0.2, 0) is 14.3 Å². The van der Waals surface area contributed by atoms with E-state index in [0.717, 1.165) is 0 Å². The zero-order valence-electron chi connectivity index (χ0n) is 11.9. The molecule has 3 amide bonds. The number of likely N-dealkylation sites (N-methyl/N-ethyl adjacent to an activating group) is 1. The fraction of sp³-hybridized carbons (Fsp3) is 0.750. The molecule has 3 unspecified atom stereocenters. The van der Waals surface area contributed by atoms with E-state index in [-0.39, 0.29) is 25.0 Å². The van der Waals surface area contributed by atoms with E-state index < -0.39 is 24.1 Å². The summed E-state index contributed by atoms with van der Waals surface area (Å²) in [7, 11) is 1.47. The highest BCUT2D eigenvalue weighted by Crippen LogP contribution is 2.20. The van der Waals surface area contributed by atoms with Crippen molar-refractivity contribution in [1.29, 1.82) is 0 Å². The zero-order valence-corrected chi connectivity index (χ0v) is 11.9. The molecular weight excluding hydrogens is 266 g/mol. The van der Waals surface area contributed by atoms with E-state index in [0.29, 0.717) is 6.54 Å². The molecule has 8 nitrogen and oxygen atoms in total. The molecule has 1 aliphatic heterocycles. The normalized spacial score (nSPS) is 23.2. The highest BCUT2D eigenvalue weighted by molar-refractivity contribution is 5.88. The second kappa shape index (κ2) is 7.09. The molecule has 1 rings (SSSR count). The summed E-state index contributed by atoms with van der Waals surface area (Å²) in [4.78, 5) is 35.9. The van der Waals surface area contributed by atoms with E-state index in [2.05, 4.69) is 10.6 Å². The van der Waals surface area contributed by atoms with Crippen molar-refractivity contribution < 1.29 is 24.2 Å². The van der Waals surface area contributed by atoms with Crippen molar-refractivity contribution in [1.82, 2.24) is 15.5 Å². The van der Waals surface area contributed by atoms with Gasteiger partial charge in [0.05, 0.1) is 6.10 Å². The van der Waals surface area contributed by atoms with E-state index in [4.69, 9.17) is 9.84 Å². The van der Waals surface area contributed by atoms with Gasteiger partial charge < -0.3 is 25.4 Å². The highest BCUT2D eigenvalue weighted by Gasteiger charge is 2.40. The molecule has 0 aromatic heterocycles. The molecule has 3 N–H and O–H groups in total. The van der Waals surface area contributed by atoms with Gasteiger partial charge in [0.1, 0.15) is 12.1 Å². The number of hydrogen-bond acceptors (Lipinski definition) is 4. The van der Waals surface area contributed by atoms with E-state index in [1.807, 2.05) is 0 Å². The smallest absolute Gasteiger partial charge is 0.326 e. The minimum absolute atomic E-state index is 0.196. The van der Waals surface area contributed by atoms with Crippen LogP contribution < -0.4 is 10.6 Å². The predicted octanol–water partition coefficient (Wildman–Crippen LogP) is -0.605. The molecule has 0 spiro atoms. The van der Waals surface area contributed by atoms with Gasteiger partial charge in [0.15, 0.2) is 0 Å². The Morgan fingerprint density at radius 1 is 1.45 bits per heavy atom. The van der Waals surface area contributed by atoms with E-state index in [9.17, 15) is 14.4 Å². The summed E-state index contributed by atoms with van der Waals surface area (Å²) in [5.41, 5.74) is 0. The number of urea groups is 1. The summed E-state index contributed by atoms with van der Waals surface area (Å²) in [6.45, 7) is 3.98. The number of carbonyl (C=O) groups excluding carboxylic acids is 2. The van der Waals surface area contributed by atoms with Crippen molar-refractivity contribution in [2.24, 2.45) is 0 Å². The number of methoxy groups -OCH3 is 1. The molecular formula is C12H21N3O5. The van der Waals surface area contributed by atoms with Crippen LogP contribution in [0, 0.1) is 0 Å². The molecule has 0 aromatic rings. The molecule has 1 aliphatic rings. The summed E-state index contributed by atoms with van der Waals surface area (Å²) in [6, 6.07) is -2.23. The summed E-state index contributed by atoms with van der Waals surface area (Å²) in [5, 5.41) is 14.2. The molecule has 0 radical (unpaired) electrons. The Labute approximate surface area is 117 Å². The largest absolute Gasteiger partial charge is 0.480 e. The minimum Gasteiger partial charge on any atom is -0.480 e. The van der Waals surface area contributed by atoms with Crippen LogP contribution in [0.25, 0.3) is 0 Å². The number of amides is 3. The summed E-state index contributed by atoms with van der Waals surface area (Å²) >= 11 is 0. The Morgan fingerprint density at radius 2 is 2.10 bits per heavy atom. The molecule has 1 heterocycles. The molecule has 0 saturated carbocycles. The first-order valence-corrected chi connectivity index (χ1v) is 6.51. The fourth-order valence-corrected chi connectivity index (χ4v) is 2.09. The van der Waals surface area contributed by atoms with Gasteiger partial charge in [-0.1, -0.05) is 0 Å².